The van der Waals surface area contributed by atoms with Crippen molar-refractivity contribution in [2.24, 2.45) is 0 Å². The van der Waals surface area contributed by atoms with Crippen molar-refractivity contribution in [1.82, 2.24) is 4.98 Å². The summed E-state index contributed by atoms with van der Waals surface area (Å²) in [6.45, 7) is 6.12. The normalized spacial score (nSPS) is 10.8. The molecule has 0 spiro atoms. The van der Waals surface area contributed by atoms with Crippen LogP contribution in [0.15, 0.2) is 75.6 Å². The summed E-state index contributed by atoms with van der Waals surface area (Å²) in [6.07, 6.45) is 0. The summed E-state index contributed by atoms with van der Waals surface area (Å²) in [5, 5.41) is 2.84. The van der Waals surface area contributed by atoms with E-state index in [2.05, 4.69) is 57.1 Å². The summed E-state index contributed by atoms with van der Waals surface area (Å²) in [5.41, 5.74) is 4.06. The molecule has 1 heterocycles. The number of rotatable bonds is 8. The summed E-state index contributed by atoms with van der Waals surface area (Å²) >= 11 is 3.37. The molecule has 164 valence electrons. The first-order valence-electron chi connectivity index (χ1n) is 10.5. The van der Waals surface area contributed by atoms with Gasteiger partial charge >= 0.3 is 0 Å². The SMILES string of the molecule is CCN(CC)c1ccc(-c2nc3cc(NC(=O)COc4ccc(Br)cc4)ccc3o2)cc1. The molecule has 0 aliphatic rings. The number of nitrogens with one attached hydrogen (secondary N) is 1. The maximum atomic E-state index is 12.3. The fourth-order valence-corrected chi connectivity index (χ4v) is 3.67. The van der Waals surface area contributed by atoms with Gasteiger partial charge < -0.3 is 19.4 Å². The zero-order valence-corrected chi connectivity index (χ0v) is 19.6. The standard InChI is InChI=1S/C25H24BrN3O3/c1-3-29(4-2)20-10-5-17(6-11-20)25-28-22-15-19(9-14-23(22)32-25)27-24(30)16-31-21-12-7-18(26)8-13-21/h5-15H,3-4,16H2,1-2H3,(H,27,30). The number of nitrogens with zero attached hydrogens (tertiary/aromatic N) is 2. The van der Waals surface area contributed by atoms with Gasteiger partial charge in [-0.3, -0.25) is 4.79 Å². The first-order valence-corrected chi connectivity index (χ1v) is 11.3. The molecule has 4 rings (SSSR count). The van der Waals surface area contributed by atoms with E-state index < -0.39 is 0 Å². The van der Waals surface area contributed by atoms with Crippen LogP contribution in [0.4, 0.5) is 11.4 Å². The Morgan fingerprint density at radius 1 is 1.03 bits per heavy atom. The Morgan fingerprint density at radius 2 is 1.75 bits per heavy atom. The molecule has 0 fully saturated rings. The van der Waals surface area contributed by atoms with Gasteiger partial charge in [-0.15, -0.1) is 0 Å². The predicted molar refractivity (Wildman–Crippen MR) is 131 cm³/mol. The maximum Gasteiger partial charge on any atom is 0.262 e. The van der Waals surface area contributed by atoms with Crippen LogP contribution in [-0.2, 0) is 4.79 Å². The lowest BCUT2D eigenvalue weighted by molar-refractivity contribution is -0.118. The van der Waals surface area contributed by atoms with E-state index in [-0.39, 0.29) is 12.5 Å². The zero-order chi connectivity index (χ0) is 22.5. The van der Waals surface area contributed by atoms with Crippen LogP contribution in [0.1, 0.15) is 13.8 Å². The van der Waals surface area contributed by atoms with Gasteiger partial charge in [0.15, 0.2) is 12.2 Å². The largest absolute Gasteiger partial charge is 0.484 e. The average Bonchev–Trinajstić information content (AvgIpc) is 3.23. The Kier molecular flexibility index (Phi) is 6.75. The number of carbonyl (C=O) groups is 1. The molecule has 0 aliphatic heterocycles. The minimum Gasteiger partial charge on any atom is -0.484 e. The number of anilines is 2. The number of fused-ring (bicyclic) bond motifs is 1. The summed E-state index contributed by atoms with van der Waals surface area (Å²) in [6, 6.07) is 20.9. The molecule has 0 atom stereocenters. The Hall–Kier alpha value is -3.32. The molecule has 1 amide bonds. The van der Waals surface area contributed by atoms with Gasteiger partial charge in [0.05, 0.1) is 0 Å². The quantitative estimate of drug-likeness (QED) is 0.320. The lowest BCUT2D eigenvalue weighted by Crippen LogP contribution is -2.21. The average molecular weight is 494 g/mol. The molecule has 0 aliphatic carbocycles. The first kappa shape index (κ1) is 21.9. The fraction of sp³-hybridized carbons (Fsp3) is 0.200. The van der Waals surface area contributed by atoms with E-state index in [1.54, 1.807) is 30.3 Å². The van der Waals surface area contributed by atoms with Crippen molar-refractivity contribution in [2.75, 3.05) is 29.9 Å². The number of benzene rings is 3. The van der Waals surface area contributed by atoms with Crippen molar-refractivity contribution in [2.45, 2.75) is 13.8 Å². The molecule has 0 radical (unpaired) electrons. The molecular weight excluding hydrogens is 470 g/mol. The number of hydrogen-bond donors (Lipinski definition) is 1. The monoisotopic (exact) mass is 493 g/mol. The Morgan fingerprint density at radius 3 is 2.44 bits per heavy atom. The van der Waals surface area contributed by atoms with E-state index in [4.69, 9.17) is 9.15 Å². The zero-order valence-electron chi connectivity index (χ0n) is 18.0. The number of halogens is 1. The second-order valence-electron chi connectivity index (χ2n) is 7.21. The van der Waals surface area contributed by atoms with Gasteiger partial charge in [-0.1, -0.05) is 15.9 Å². The second-order valence-corrected chi connectivity index (χ2v) is 8.13. The molecule has 1 aromatic heterocycles. The van der Waals surface area contributed by atoms with Crippen LogP contribution < -0.4 is 15.0 Å². The molecular formula is C25H24BrN3O3. The molecule has 0 saturated heterocycles. The third kappa shape index (κ3) is 5.11. The fourth-order valence-electron chi connectivity index (χ4n) is 3.41. The molecule has 0 saturated carbocycles. The molecule has 7 heteroatoms. The minimum absolute atomic E-state index is 0.0807. The van der Waals surface area contributed by atoms with Gasteiger partial charge in [-0.05, 0) is 80.6 Å². The van der Waals surface area contributed by atoms with Crippen molar-refractivity contribution in [3.8, 4) is 17.2 Å². The van der Waals surface area contributed by atoms with Crippen molar-refractivity contribution < 1.29 is 13.9 Å². The number of aromatic nitrogens is 1. The van der Waals surface area contributed by atoms with Crippen LogP contribution in [0.25, 0.3) is 22.6 Å². The maximum absolute atomic E-state index is 12.3. The molecule has 1 N–H and O–H groups in total. The predicted octanol–water partition coefficient (Wildman–Crippen LogP) is 6.12. The molecule has 4 aromatic rings. The van der Waals surface area contributed by atoms with Gasteiger partial charge in [-0.25, -0.2) is 4.98 Å². The highest BCUT2D eigenvalue weighted by molar-refractivity contribution is 9.10. The van der Waals surface area contributed by atoms with Gasteiger partial charge in [-0.2, -0.15) is 0 Å². The van der Waals surface area contributed by atoms with Crippen LogP contribution in [-0.4, -0.2) is 30.6 Å². The van der Waals surface area contributed by atoms with E-state index in [0.29, 0.717) is 28.4 Å². The summed E-state index contributed by atoms with van der Waals surface area (Å²) in [5.74, 6) is 0.933. The van der Waals surface area contributed by atoms with Crippen molar-refractivity contribution in [3.05, 3.63) is 71.2 Å². The highest BCUT2D eigenvalue weighted by Gasteiger charge is 2.11. The molecule has 6 nitrogen and oxygen atoms in total. The Labute approximate surface area is 195 Å². The Bertz CT molecular complexity index is 1200. The van der Waals surface area contributed by atoms with Crippen LogP contribution in [0.3, 0.4) is 0 Å². The van der Waals surface area contributed by atoms with Crippen LogP contribution >= 0.6 is 15.9 Å². The van der Waals surface area contributed by atoms with Crippen LogP contribution in [0, 0.1) is 0 Å². The third-order valence-electron chi connectivity index (χ3n) is 5.10. The van der Waals surface area contributed by atoms with Gasteiger partial charge in [0, 0.05) is 34.5 Å². The number of oxazole rings is 1. The minimum atomic E-state index is -0.247. The van der Waals surface area contributed by atoms with Crippen LogP contribution in [0.5, 0.6) is 5.75 Å². The molecule has 0 bridgehead atoms. The highest BCUT2D eigenvalue weighted by Crippen LogP contribution is 2.28. The molecule has 32 heavy (non-hydrogen) atoms. The van der Waals surface area contributed by atoms with E-state index in [0.717, 1.165) is 23.1 Å². The number of hydrogen-bond acceptors (Lipinski definition) is 5. The first-order chi connectivity index (χ1) is 15.6. The number of amides is 1. The van der Waals surface area contributed by atoms with Gasteiger partial charge in [0.25, 0.3) is 5.91 Å². The second kappa shape index (κ2) is 9.87. The summed E-state index contributed by atoms with van der Waals surface area (Å²) in [4.78, 5) is 19.1. The van der Waals surface area contributed by atoms with Crippen LogP contribution in [0.2, 0.25) is 0 Å². The topological polar surface area (TPSA) is 67.6 Å². The lowest BCUT2D eigenvalue weighted by Gasteiger charge is -2.20. The molecule has 0 unspecified atom stereocenters. The highest BCUT2D eigenvalue weighted by atomic mass is 79.9. The lowest BCUT2D eigenvalue weighted by atomic mass is 10.2. The van der Waals surface area contributed by atoms with Gasteiger partial charge in [0.2, 0.25) is 5.89 Å². The van der Waals surface area contributed by atoms with Crippen molar-refractivity contribution in [1.29, 1.82) is 0 Å². The number of ether oxygens (including phenoxy) is 1. The van der Waals surface area contributed by atoms with Crippen molar-refractivity contribution in [3.63, 3.8) is 0 Å². The smallest absolute Gasteiger partial charge is 0.262 e. The third-order valence-corrected chi connectivity index (χ3v) is 5.63. The van der Waals surface area contributed by atoms with E-state index >= 15 is 0 Å². The molecule has 3 aromatic carbocycles. The Balaban J connectivity index is 1.43. The summed E-state index contributed by atoms with van der Waals surface area (Å²) in [7, 11) is 0. The number of carbonyl (C=O) groups excluding carboxylic acids is 1. The summed E-state index contributed by atoms with van der Waals surface area (Å²) < 4.78 is 12.4. The van der Waals surface area contributed by atoms with E-state index in [1.807, 2.05) is 24.3 Å². The van der Waals surface area contributed by atoms with Crippen molar-refractivity contribution >= 4 is 44.3 Å². The van der Waals surface area contributed by atoms with E-state index in [9.17, 15) is 4.79 Å². The van der Waals surface area contributed by atoms with E-state index in [1.165, 1.54) is 5.69 Å². The van der Waals surface area contributed by atoms with Gasteiger partial charge in [0.1, 0.15) is 11.3 Å².